The number of aliphatic carboxylic acids is 1. The Morgan fingerprint density at radius 3 is 2.50 bits per heavy atom. The molecule has 2 fully saturated rings. The molecule has 0 radical (unpaired) electrons. The Hall–Kier alpha value is -1.26. The van der Waals surface area contributed by atoms with Crippen molar-refractivity contribution in [3.05, 3.63) is 0 Å². The highest BCUT2D eigenvalue weighted by molar-refractivity contribution is 5.83. The highest BCUT2D eigenvalue weighted by atomic mass is 16.4. The average Bonchev–Trinajstić information content (AvgIpc) is 2.91. The molecule has 1 aliphatic heterocycles. The van der Waals surface area contributed by atoms with Crippen LogP contribution in [0.15, 0.2) is 0 Å². The fourth-order valence-electron chi connectivity index (χ4n) is 3.08. The second-order valence-electron chi connectivity index (χ2n) is 5.66. The van der Waals surface area contributed by atoms with E-state index in [1.807, 2.05) is 0 Å². The fourth-order valence-corrected chi connectivity index (χ4v) is 3.08. The Morgan fingerprint density at radius 2 is 1.94 bits per heavy atom. The molecule has 2 amide bonds. The molecule has 1 aliphatic carbocycles. The summed E-state index contributed by atoms with van der Waals surface area (Å²) in [5.74, 6) is 0.208. The van der Waals surface area contributed by atoms with Gasteiger partial charge in [-0.25, -0.2) is 9.59 Å². The SMILES string of the molecule is CC1CCC(NC(=O)N2CCC[C@H]2C(=O)O)C1C. The topological polar surface area (TPSA) is 69.6 Å². The van der Waals surface area contributed by atoms with Gasteiger partial charge in [0.05, 0.1) is 0 Å². The Bertz CT molecular complexity index is 345. The lowest BCUT2D eigenvalue weighted by atomic mass is 9.98. The number of nitrogens with zero attached hydrogens (tertiary/aromatic N) is 1. The smallest absolute Gasteiger partial charge is 0.326 e. The molecule has 18 heavy (non-hydrogen) atoms. The number of hydrogen-bond donors (Lipinski definition) is 2. The number of nitrogens with one attached hydrogen (secondary N) is 1. The van der Waals surface area contributed by atoms with Crippen LogP contribution >= 0.6 is 0 Å². The standard InChI is InChI=1S/C13H22N2O3/c1-8-5-6-10(9(8)2)14-13(18)15-7-3-4-11(15)12(16)17/h8-11H,3-7H2,1-2H3,(H,14,18)(H,16,17)/t8?,9?,10?,11-/m0/s1. The molecule has 3 unspecified atom stereocenters. The van der Waals surface area contributed by atoms with E-state index in [4.69, 9.17) is 5.11 Å². The lowest BCUT2D eigenvalue weighted by Gasteiger charge is -2.26. The molecule has 1 heterocycles. The molecular weight excluding hydrogens is 232 g/mol. The molecule has 4 atom stereocenters. The van der Waals surface area contributed by atoms with Gasteiger partial charge in [-0.1, -0.05) is 13.8 Å². The minimum absolute atomic E-state index is 0.197. The van der Waals surface area contributed by atoms with Gasteiger partial charge >= 0.3 is 12.0 Å². The van der Waals surface area contributed by atoms with Gasteiger partial charge < -0.3 is 15.3 Å². The zero-order valence-corrected chi connectivity index (χ0v) is 11.1. The number of carbonyl (C=O) groups is 2. The third-order valence-electron chi connectivity index (χ3n) is 4.57. The van der Waals surface area contributed by atoms with Crippen molar-refractivity contribution in [3.63, 3.8) is 0 Å². The zero-order chi connectivity index (χ0) is 13.3. The molecule has 2 rings (SSSR count). The van der Waals surface area contributed by atoms with E-state index in [1.165, 1.54) is 4.90 Å². The summed E-state index contributed by atoms with van der Waals surface area (Å²) in [5, 5.41) is 12.1. The molecule has 1 saturated heterocycles. The van der Waals surface area contributed by atoms with Crippen molar-refractivity contribution in [3.8, 4) is 0 Å². The summed E-state index contributed by atoms with van der Waals surface area (Å²) in [5.41, 5.74) is 0. The van der Waals surface area contributed by atoms with E-state index < -0.39 is 12.0 Å². The Kier molecular flexibility index (Phi) is 3.78. The van der Waals surface area contributed by atoms with E-state index in [-0.39, 0.29) is 12.1 Å². The molecule has 0 aromatic rings. The van der Waals surface area contributed by atoms with Gasteiger partial charge in [0.2, 0.25) is 0 Å². The van der Waals surface area contributed by atoms with Gasteiger partial charge in [0, 0.05) is 12.6 Å². The third-order valence-corrected chi connectivity index (χ3v) is 4.57. The third kappa shape index (κ3) is 2.44. The van der Waals surface area contributed by atoms with Crippen LogP contribution in [0.5, 0.6) is 0 Å². The van der Waals surface area contributed by atoms with Crippen LogP contribution in [0.4, 0.5) is 4.79 Å². The highest BCUT2D eigenvalue weighted by Crippen LogP contribution is 2.31. The molecule has 5 nitrogen and oxygen atoms in total. The minimum atomic E-state index is -0.893. The molecule has 0 bridgehead atoms. The first-order valence-electron chi connectivity index (χ1n) is 6.80. The summed E-state index contributed by atoms with van der Waals surface area (Å²) in [4.78, 5) is 24.6. The molecule has 102 valence electrons. The van der Waals surface area contributed by atoms with E-state index in [1.54, 1.807) is 0 Å². The molecule has 5 heteroatoms. The first-order chi connectivity index (χ1) is 8.50. The monoisotopic (exact) mass is 254 g/mol. The molecular formula is C13H22N2O3. The van der Waals surface area contributed by atoms with Crippen LogP contribution in [0.25, 0.3) is 0 Å². The van der Waals surface area contributed by atoms with Gasteiger partial charge in [0.1, 0.15) is 6.04 Å². The summed E-state index contributed by atoms with van der Waals surface area (Å²) in [6.07, 6.45) is 3.48. The van der Waals surface area contributed by atoms with Crippen LogP contribution < -0.4 is 5.32 Å². The second-order valence-corrected chi connectivity index (χ2v) is 5.66. The van der Waals surface area contributed by atoms with Crippen LogP contribution in [0.1, 0.15) is 39.5 Å². The van der Waals surface area contributed by atoms with Crippen LogP contribution in [0.2, 0.25) is 0 Å². The van der Waals surface area contributed by atoms with Gasteiger partial charge in [-0.15, -0.1) is 0 Å². The molecule has 1 saturated carbocycles. The van der Waals surface area contributed by atoms with E-state index in [0.29, 0.717) is 24.8 Å². The number of likely N-dealkylation sites (tertiary alicyclic amines) is 1. The van der Waals surface area contributed by atoms with Crippen molar-refractivity contribution in [1.29, 1.82) is 0 Å². The van der Waals surface area contributed by atoms with Crippen molar-refractivity contribution in [2.24, 2.45) is 11.8 Å². The fraction of sp³-hybridized carbons (Fsp3) is 0.846. The first-order valence-corrected chi connectivity index (χ1v) is 6.80. The maximum atomic E-state index is 12.1. The number of carboxylic acids is 1. The highest BCUT2D eigenvalue weighted by Gasteiger charge is 2.37. The predicted molar refractivity (Wildman–Crippen MR) is 67.2 cm³/mol. The van der Waals surface area contributed by atoms with Crippen molar-refractivity contribution < 1.29 is 14.7 Å². The number of carbonyl (C=O) groups excluding carboxylic acids is 1. The summed E-state index contributed by atoms with van der Waals surface area (Å²) >= 11 is 0. The number of hydrogen-bond acceptors (Lipinski definition) is 2. The van der Waals surface area contributed by atoms with Crippen molar-refractivity contribution in [2.75, 3.05) is 6.54 Å². The van der Waals surface area contributed by atoms with Gasteiger partial charge in [0.25, 0.3) is 0 Å². The number of amides is 2. The number of carboxylic acid groups (broad SMARTS) is 1. The summed E-state index contributed by atoms with van der Waals surface area (Å²) < 4.78 is 0. The maximum absolute atomic E-state index is 12.1. The lowest BCUT2D eigenvalue weighted by Crippen LogP contribution is -2.49. The van der Waals surface area contributed by atoms with E-state index >= 15 is 0 Å². The Balaban J connectivity index is 1.94. The van der Waals surface area contributed by atoms with Crippen molar-refractivity contribution >= 4 is 12.0 Å². The maximum Gasteiger partial charge on any atom is 0.326 e. The first kappa shape index (κ1) is 13.2. The lowest BCUT2D eigenvalue weighted by molar-refractivity contribution is -0.141. The van der Waals surface area contributed by atoms with Gasteiger partial charge in [-0.2, -0.15) is 0 Å². The van der Waals surface area contributed by atoms with Crippen LogP contribution in [0.3, 0.4) is 0 Å². The molecule has 0 spiro atoms. The molecule has 0 aromatic heterocycles. The summed E-state index contributed by atoms with van der Waals surface area (Å²) in [6, 6.07) is -0.646. The minimum Gasteiger partial charge on any atom is -0.480 e. The average molecular weight is 254 g/mol. The van der Waals surface area contributed by atoms with Crippen LogP contribution in [0, 0.1) is 11.8 Å². The van der Waals surface area contributed by atoms with Crippen LogP contribution in [-0.2, 0) is 4.79 Å². The van der Waals surface area contributed by atoms with Gasteiger partial charge in [-0.3, -0.25) is 0 Å². The molecule has 2 N–H and O–H groups in total. The molecule has 0 aromatic carbocycles. The van der Waals surface area contributed by atoms with Crippen molar-refractivity contribution in [1.82, 2.24) is 10.2 Å². The second kappa shape index (κ2) is 5.16. The van der Waals surface area contributed by atoms with Crippen LogP contribution in [-0.4, -0.2) is 40.6 Å². The number of rotatable bonds is 2. The molecule has 2 aliphatic rings. The van der Waals surface area contributed by atoms with E-state index in [0.717, 1.165) is 19.3 Å². The summed E-state index contributed by atoms with van der Waals surface area (Å²) in [7, 11) is 0. The zero-order valence-electron chi connectivity index (χ0n) is 11.1. The summed E-state index contributed by atoms with van der Waals surface area (Å²) in [6.45, 7) is 4.91. The normalized spacial score (nSPS) is 35.8. The van der Waals surface area contributed by atoms with E-state index in [9.17, 15) is 9.59 Å². The van der Waals surface area contributed by atoms with Crippen molar-refractivity contribution in [2.45, 2.75) is 51.6 Å². The Labute approximate surface area is 108 Å². The predicted octanol–water partition coefficient (Wildman–Crippen LogP) is 1.68. The number of urea groups is 1. The van der Waals surface area contributed by atoms with Gasteiger partial charge in [-0.05, 0) is 37.5 Å². The Morgan fingerprint density at radius 1 is 1.22 bits per heavy atom. The van der Waals surface area contributed by atoms with E-state index in [2.05, 4.69) is 19.2 Å². The van der Waals surface area contributed by atoms with Gasteiger partial charge in [0.15, 0.2) is 0 Å². The largest absolute Gasteiger partial charge is 0.480 e. The quantitative estimate of drug-likeness (QED) is 0.787.